The standard InChI is InChI=1S/C13H17BrClNO/c1-3-5-16(6-4-15)13(17)11-7-10(2)8-12(14)9-11/h7-9H,3-6H2,1-2H3. The molecule has 1 amide bonds. The van der Waals surface area contributed by atoms with E-state index in [-0.39, 0.29) is 5.91 Å². The molecule has 0 heterocycles. The molecule has 0 fully saturated rings. The Hall–Kier alpha value is -0.540. The summed E-state index contributed by atoms with van der Waals surface area (Å²) in [5.41, 5.74) is 1.79. The number of alkyl halides is 1. The largest absolute Gasteiger partial charge is 0.337 e. The zero-order valence-electron chi connectivity index (χ0n) is 10.2. The maximum atomic E-state index is 12.3. The normalized spacial score (nSPS) is 10.4. The number of benzene rings is 1. The van der Waals surface area contributed by atoms with Crippen LogP contribution < -0.4 is 0 Å². The third-order valence-electron chi connectivity index (χ3n) is 2.42. The SMILES string of the molecule is CCCN(CCCl)C(=O)c1cc(C)cc(Br)c1. The molecule has 0 radical (unpaired) electrons. The Bertz CT molecular complexity index is 369. The van der Waals surface area contributed by atoms with E-state index in [2.05, 4.69) is 22.9 Å². The van der Waals surface area contributed by atoms with Gasteiger partial charge in [0, 0.05) is 29.0 Å². The second-order valence-corrected chi connectivity index (χ2v) is 5.29. The maximum absolute atomic E-state index is 12.3. The van der Waals surface area contributed by atoms with Crippen LogP contribution in [-0.2, 0) is 0 Å². The molecule has 1 rings (SSSR count). The number of amides is 1. The van der Waals surface area contributed by atoms with E-state index < -0.39 is 0 Å². The Balaban J connectivity index is 2.92. The van der Waals surface area contributed by atoms with Crippen LogP contribution in [0.4, 0.5) is 0 Å². The molecule has 0 spiro atoms. The quantitative estimate of drug-likeness (QED) is 0.755. The smallest absolute Gasteiger partial charge is 0.253 e. The molecule has 0 saturated heterocycles. The van der Waals surface area contributed by atoms with E-state index in [1.165, 1.54) is 0 Å². The summed E-state index contributed by atoms with van der Waals surface area (Å²) in [6.07, 6.45) is 0.940. The molecule has 0 unspecified atom stereocenters. The van der Waals surface area contributed by atoms with Crippen LogP contribution in [0.25, 0.3) is 0 Å². The monoisotopic (exact) mass is 317 g/mol. The molecule has 0 aliphatic rings. The van der Waals surface area contributed by atoms with E-state index in [9.17, 15) is 4.79 Å². The van der Waals surface area contributed by atoms with Crippen LogP contribution in [-0.4, -0.2) is 29.8 Å². The Kier molecular flexibility index (Phi) is 6.00. The molecule has 0 aliphatic carbocycles. The van der Waals surface area contributed by atoms with Crippen molar-refractivity contribution in [2.45, 2.75) is 20.3 Å². The van der Waals surface area contributed by atoms with Crippen LogP contribution >= 0.6 is 27.5 Å². The van der Waals surface area contributed by atoms with Crippen LogP contribution in [0.15, 0.2) is 22.7 Å². The van der Waals surface area contributed by atoms with E-state index in [4.69, 9.17) is 11.6 Å². The molecule has 4 heteroatoms. The van der Waals surface area contributed by atoms with Gasteiger partial charge in [0.15, 0.2) is 0 Å². The minimum atomic E-state index is 0.0527. The van der Waals surface area contributed by atoms with Gasteiger partial charge in [-0.15, -0.1) is 11.6 Å². The summed E-state index contributed by atoms with van der Waals surface area (Å²) in [4.78, 5) is 14.1. The molecule has 0 aromatic heterocycles. The van der Waals surface area contributed by atoms with Crippen molar-refractivity contribution >= 4 is 33.4 Å². The van der Waals surface area contributed by atoms with Crippen molar-refractivity contribution in [1.29, 1.82) is 0 Å². The third-order valence-corrected chi connectivity index (χ3v) is 3.05. The van der Waals surface area contributed by atoms with Crippen LogP contribution in [0.1, 0.15) is 29.3 Å². The van der Waals surface area contributed by atoms with Gasteiger partial charge < -0.3 is 4.90 Å². The van der Waals surface area contributed by atoms with Gasteiger partial charge in [0.2, 0.25) is 0 Å². The van der Waals surface area contributed by atoms with Crippen LogP contribution in [0.5, 0.6) is 0 Å². The second-order valence-electron chi connectivity index (χ2n) is 4.00. The highest BCUT2D eigenvalue weighted by atomic mass is 79.9. The Morgan fingerprint density at radius 3 is 2.59 bits per heavy atom. The Labute approximate surface area is 116 Å². The summed E-state index contributed by atoms with van der Waals surface area (Å²) in [6.45, 7) is 5.38. The van der Waals surface area contributed by atoms with Crippen molar-refractivity contribution in [2.75, 3.05) is 19.0 Å². The van der Waals surface area contributed by atoms with E-state index in [0.717, 1.165) is 28.6 Å². The highest BCUT2D eigenvalue weighted by Crippen LogP contribution is 2.17. The number of carbonyl (C=O) groups is 1. The molecule has 0 aliphatic heterocycles. The molecule has 0 bridgehead atoms. The molecule has 1 aromatic rings. The highest BCUT2D eigenvalue weighted by molar-refractivity contribution is 9.10. The van der Waals surface area contributed by atoms with Gasteiger partial charge in [-0.25, -0.2) is 0 Å². The lowest BCUT2D eigenvalue weighted by Gasteiger charge is -2.21. The summed E-state index contributed by atoms with van der Waals surface area (Å²) >= 11 is 9.13. The van der Waals surface area contributed by atoms with Crippen molar-refractivity contribution < 1.29 is 4.79 Å². The van der Waals surface area contributed by atoms with Crippen molar-refractivity contribution in [3.05, 3.63) is 33.8 Å². The number of halogens is 2. The number of rotatable bonds is 5. The molecule has 0 saturated carbocycles. The zero-order valence-corrected chi connectivity index (χ0v) is 12.5. The number of nitrogens with zero attached hydrogens (tertiary/aromatic N) is 1. The average molecular weight is 319 g/mol. The first-order valence-corrected chi connectivity index (χ1v) is 7.03. The van der Waals surface area contributed by atoms with E-state index >= 15 is 0 Å². The fraction of sp³-hybridized carbons (Fsp3) is 0.462. The van der Waals surface area contributed by atoms with E-state index in [1.807, 2.05) is 25.1 Å². The highest BCUT2D eigenvalue weighted by Gasteiger charge is 2.14. The predicted octanol–water partition coefficient (Wildman–Crippen LogP) is 3.85. The first kappa shape index (κ1) is 14.5. The fourth-order valence-electron chi connectivity index (χ4n) is 1.73. The minimum absolute atomic E-state index is 0.0527. The maximum Gasteiger partial charge on any atom is 0.253 e. The van der Waals surface area contributed by atoms with Crippen molar-refractivity contribution in [3.8, 4) is 0 Å². The Morgan fingerprint density at radius 2 is 2.06 bits per heavy atom. The number of hydrogen-bond donors (Lipinski definition) is 0. The lowest BCUT2D eigenvalue weighted by molar-refractivity contribution is 0.0765. The van der Waals surface area contributed by atoms with Crippen molar-refractivity contribution in [1.82, 2.24) is 4.90 Å². The molecular formula is C13H17BrClNO. The lowest BCUT2D eigenvalue weighted by Crippen LogP contribution is -2.33. The Morgan fingerprint density at radius 1 is 1.35 bits per heavy atom. The van der Waals surface area contributed by atoms with Gasteiger partial charge in [0.1, 0.15) is 0 Å². The minimum Gasteiger partial charge on any atom is -0.337 e. The summed E-state index contributed by atoms with van der Waals surface area (Å²) in [6, 6.07) is 5.75. The molecule has 17 heavy (non-hydrogen) atoms. The van der Waals surface area contributed by atoms with E-state index in [1.54, 1.807) is 4.90 Å². The van der Waals surface area contributed by atoms with Gasteiger partial charge >= 0.3 is 0 Å². The van der Waals surface area contributed by atoms with Gasteiger partial charge in [-0.1, -0.05) is 22.9 Å². The van der Waals surface area contributed by atoms with Crippen molar-refractivity contribution in [2.24, 2.45) is 0 Å². The molecule has 2 nitrogen and oxygen atoms in total. The zero-order chi connectivity index (χ0) is 12.8. The number of carbonyl (C=O) groups excluding carboxylic acids is 1. The van der Waals surface area contributed by atoms with Crippen LogP contribution in [0.2, 0.25) is 0 Å². The third kappa shape index (κ3) is 4.32. The van der Waals surface area contributed by atoms with Gasteiger partial charge in [-0.05, 0) is 37.1 Å². The lowest BCUT2D eigenvalue weighted by atomic mass is 10.1. The number of hydrogen-bond acceptors (Lipinski definition) is 1. The van der Waals surface area contributed by atoms with Crippen LogP contribution in [0, 0.1) is 6.92 Å². The van der Waals surface area contributed by atoms with Crippen molar-refractivity contribution in [3.63, 3.8) is 0 Å². The molecule has 94 valence electrons. The number of aryl methyl sites for hydroxylation is 1. The second kappa shape index (κ2) is 7.02. The van der Waals surface area contributed by atoms with E-state index in [0.29, 0.717) is 12.4 Å². The summed E-state index contributed by atoms with van der Waals surface area (Å²) in [5.74, 6) is 0.524. The van der Waals surface area contributed by atoms with Crippen LogP contribution in [0.3, 0.4) is 0 Å². The molecule has 0 N–H and O–H groups in total. The predicted molar refractivity (Wildman–Crippen MR) is 75.8 cm³/mol. The topological polar surface area (TPSA) is 20.3 Å². The summed E-state index contributed by atoms with van der Waals surface area (Å²) in [7, 11) is 0. The van der Waals surface area contributed by atoms with Gasteiger partial charge in [-0.3, -0.25) is 4.79 Å². The van der Waals surface area contributed by atoms with Gasteiger partial charge in [-0.2, -0.15) is 0 Å². The average Bonchev–Trinajstić information content (AvgIpc) is 2.26. The summed E-state index contributed by atoms with van der Waals surface area (Å²) < 4.78 is 0.933. The molecule has 1 aromatic carbocycles. The molecular weight excluding hydrogens is 302 g/mol. The van der Waals surface area contributed by atoms with Gasteiger partial charge in [0.25, 0.3) is 5.91 Å². The first-order chi connectivity index (χ1) is 8.08. The van der Waals surface area contributed by atoms with Gasteiger partial charge in [0.05, 0.1) is 0 Å². The first-order valence-electron chi connectivity index (χ1n) is 5.71. The molecule has 0 atom stereocenters. The fourth-order valence-corrected chi connectivity index (χ4v) is 2.54. The summed E-state index contributed by atoms with van der Waals surface area (Å²) in [5, 5.41) is 0.